The van der Waals surface area contributed by atoms with Gasteiger partial charge < -0.3 is 35.4 Å². The third-order valence-electron chi connectivity index (χ3n) is 6.74. The van der Waals surface area contributed by atoms with E-state index in [0.717, 1.165) is 17.6 Å². The molecule has 3 rings (SSSR count). The lowest BCUT2D eigenvalue weighted by Gasteiger charge is -2.31. The fourth-order valence-corrected chi connectivity index (χ4v) is 6.61. The largest absolute Gasteiger partial charge is 0.472 e. The van der Waals surface area contributed by atoms with Crippen LogP contribution in [-0.4, -0.2) is 99.7 Å². The van der Waals surface area contributed by atoms with E-state index in [1.807, 2.05) is 13.0 Å². The van der Waals surface area contributed by atoms with Gasteiger partial charge in [0.1, 0.15) is 24.1 Å². The molecule has 2 aliphatic rings. The van der Waals surface area contributed by atoms with E-state index in [1.165, 1.54) is 0 Å². The Morgan fingerprint density at radius 1 is 0.978 bits per heavy atom. The van der Waals surface area contributed by atoms with Crippen molar-refractivity contribution in [3.8, 4) is 0 Å². The third-order valence-corrected chi connectivity index (χ3v) is 9.66. The minimum atomic E-state index is -4.92. The highest BCUT2D eigenvalue weighted by Gasteiger charge is 2.52. The zero-order valence-electron chi connectivity index (χ0n) is 25.2. The fraction of sp³-hybridized carbons (Fsp3) is 0.667. The van der Waals surface area contributed by atoms with Crippen molar-refractivity contribution in [2.45, 2.75) is 70.4 Å². The van der Waals surface area contributed by atoms with Crippen molar-refractivity contribution in [1.82, 2.24) is 4.90 Å². The number of urea groups is 1. The van der Waals surface area contributed by atoms with Gasteiger partial charge in [0, 0.05) is 20.1 Å². The van der Waals surface area contributed by atoms with E-state index in [9.17, 15) is 43.4 Å². The van der Waals surface area contributed by atoms with Gasteiger partial charge in [-0.15, -0.1) is 0 Å². The topological polar surface area (TPSA) is 276 Å². The van der Waals surface area contributed by atoms with E-state index in [-0.39, 0.29) is 58.1 Å². The van der Waals surface area contributed by atoms with Crippen LogP contribution in [0.3, 0.4) is 0 Å². The van der Waals surface area contributed by atoms with Gasteiger partial charge in [-0.3, -0.25) is 32.0 Å². The number of nitrogens with two attached hydrogens (primary N) is 1. The van der Waals surface area contributed by atoms with Crippen molar-refractivity contribution in [2.24, 2.45) is 10.7 Å². The number of hydrogen-bond acceptors (Lipinski definition) is 14. The standard InChI is InChI=1S/C24H40N3O16P3/c1-3-16-10-17(13-28)12-18(11-16)14-40-45(33,34)38-8-4-5-9-39-46(35,36)43-22-19(15-41-44(31,32)37-2)42-23(21(22)29)27-7-6-20(25)26-24(27)30/h10-12,19,21-23,28-29H,3-9,13-15H2,1-2H3,(H,31,32)(H,33,34)(H,35,36)(H2,25,26,30). The van der Waals surface area contributed by atoms with Crippen LogP contribution in [0.1, 0.15) is 42.9 Å². The fourth-order valence-electron chi connectivity index (χ4n) is 4.43. The van der Waals surface area contributed by atoms with Crippen LogP contribution in [0.15, 0.2) is 23.2 Å². The second-order valence-corrected chi connectivity index (χ2v) is 14.6. The van der Waals surface area contributed by atoms with Gasteiger partial charge in [0.25, 0.3) is 0 Å². The lowest BCUT2D eigenvalue weighted by atomic mass is 10.0. The molecule has 1 aromatic carbocycles. The molecule has 0 aliphatic carbocycles. The number of carbonyl (C=O) groups excluding carboxylic acids is 1. The molecule has 19 nitrogen and oxygen atoms in total. The van der Waals surface area contributed by atoms with Gasteiger partial charge in [-0.1, -0.05) is 25.1 Å². The minimum Gasteiger partial charge on any atom is -0.392 e. The Kier molecular flexibility index (Phi) is 14.5. The van der Waals surface area contributed by atoms with E-state index in [2.05, 4.69) is 9.52 Å². The molecule has 0 aromatic heterocycles. The first-order chi connectivity index (χ1) is 21.6. The molecule has 46 heavy (non-hydrogen) atoms. The Hall–Kier alpha value is -1.63. The van der Waals surface area contributed by atoms with E-state index in [0.29, 0.717) is 17.5 Å². The number of unbranched alkanes of at least 4 members (excludes halogenated alkanes) is 1. The summed E-state index contributed by atoms with van der Waals surface area (Å²) in [5, 5.41) is 20.3. The van der Waals surface area contributed by atoms with E-state index < -0.39 is 60.6 Å². The van der Waals surface area contributed by atoms with Crippen molar-refractivity contribution in [2.75, 3.05) is 33.5 Å². The van der Waals surface area contributed by atoms with Crippen molar-refractivity contribution >= 4 is 35.3 Å². The molecule has 262 valence electrons. The van der Waals surface area contributed by atoms with Crippen LogP contribution < -0.4 is 5.73 Å². The number of aliphatic imine (C=N–C) groups is 1. The molecular weight excluding hydrogens is 679 g/mol. The summed E-state index contributed by atoms with van der Waals surface area (Å²) in [4.78, 5) is 46.8. The van der Waals surface area contributed by atoms with Crippen LogP contribution in [0.2, 0.25) is 0 Å². The zero-order chi connectivity index (χ0) is 34.1. The maximum absolute atomic E-state index is 12.7. The van der Waals surface area contributed by atoms with Gasteiger partial charge in [-0.25, -0.2) is 18.5 Å². The Bertz CT molecular complexity index is 1340. The van der Waals surface area contributed by atoms with Crippen molar-refractivity contribution in [3.05, 3.63) is 34.9 Å². The minimum absolute atomic E-state index is 0.00931. The summed E-state index contributed by atoms with van der Waals surface area (Å²) in [5.74, 6) is 0.0609. The highest BCUT2D eigenvalue weighted by atomic mass is 31.2. The smallest absolute Gasteiger partial charge is 0.392 e. The summed E-state index contributed by atoms with van der Waals surface area (Å²) in [6.45, 7) is 0.0848. The Morgan fingerprint density at radius 3 is 2.22 bits per heavy atom. The quantitative estimate of drug-likeness (QED) is 0.0876. The first kappa shape index (κ1) is 38.8. The van der Waals surface area contributed by atoms with Gasteiger partial charge in [0.15, 0.2) is 6.23 Å². The Balaban J connectivity index is 1.49. The number of aliphatic hydroxyl groups excluding tert-OH is 2. The first-order valence-electron chi connectivity index (χ1n) is 14.1. The number of phosphoric ester groups is 3. The molecule has 0 saturated carbocycles. The molecule has 7 unspecified atom stereocenters. The van der Waals surface area contributed by atoms with Crippen LogP contribution >= 0.6 is 23.5 Å². The second kappa shape index (κ2) is 17.2. The number of aryl methyl sites for hydroxylation is 1. The number of carbonyl (C=O) groups is 1. The lowest BCUT2D eigenvalue weighted by Crippen LogP contribution is -2.50. The molecule has 1 saturated heterocycles. The highest BCUT2D eigenvalue weighted by molar-refractivity contribution is 7.47. The molecule has 2 heterocycles. The van der Waals surface area contributed by atoms with Crippen LogP contribution in [0.25, 0.3) is 0 Å². The molecule has 2 amide bonds. The number of benzene rings is 1. The summed E-state index contributed by atoms with van der Waals surface area (Å²) in [7, 11) is -13.0. The van der Waals surface area contributed by atoms with Gasteiger partial charge >= 0.3 is 29.5 Å². The highest BCUT2D eigenvalue weighted by Crippen LogP contribution is 2.49. The molecule has 7 N–H and O–H groups in total. The van der Waals surface area contributed by atoms with E-state index in [1.54, 1.807) is 12.1 Å². The van der Waals surface area contributed by atoms with Crippen LogP contribution in [-0.2, 0) is 65.2 Å². The van der Waals surface area contributed by atoms with Gasteiger partial charge in [-0.2, -0.15) is 4.99 Å². The maximum Gasteiger partial charge on any atom is 0.472 e. The number of ether oxygens (including phenoxy) is 1. The number of amides is 2. The predicted molar refractivity (Wildman–Crippen MR) is 158 cm³/mol. The SMILES string of the molecule is CCc1cc(CO)cc(COP(=O)(O)OCCCCOP(=O)(O)OC2C(COP(=O)(O)OC)OC(N3CCC(N)=NC3=O)C2O)c1. The summed E-state index contributed by atoms with van der Waals surface area (Å²) in [6.07, 6.45) is -5.29. The molecule has 2 aliphatic heterocycles. The lowest BCUT2D eigenvalue weighted by molar-refractivity contribution is -0.0776. The van der Waals surface area contributed by atoms with Gasteiger partial charge in [0.2, 0.25) is 0 Å². The number of aliphatic hydroxyl groups is 2. The van der Waals surface area contributed by atoms with Crippen LogP contribution in [0, 0.1) is 0 Å². The third kappa shape index (κ3) is 11.8. The Labute approximate surface area is 265 Å². The molecule has 0 radical (unpaired) electrons. The van der Waals surface area contributed by atoms with Gasteiger partial charge in [0.05, 0.1) is 33.0 Å². The maximum atomic E-state index is 12.7. The average Bonchev–Trinajstić information content (AvgIpc) is 3.30. The molecular formula is C24H40N3O16P3. The molecule has 0 spiro atoms. The normalized spacial score (nSPS) is 25.9. The molecule has 1 fully saturated rings. The monoisotopic (exact) mass is 719 g/mol. The molecule has 1 aromatic rings. The number of rotatable bonds is 19. The van der Waals surface area contributed by atoms with E-state index >= 15 is 0 Å². The van der Waals surface area contributed by atoms with E-state index in [4.69, 9.17) is 33.1 Å². The number of hydrogen-bond donors (Lipinski definition) is 6. The molecule has 7 atom stereocenters. The number of phosphoric acid groups is 3. The second-order valence-electron chi connectivity index (χ2n) is 10.2. The summed E-state index contributed by atoms with van der Waals surface area (Å²) >= 11 is 0. The predicted octanol–water partition coefficient (Wildman–Crippen LogP) is 1.69. The van der Waals surface area contributed by atoms with Crippen molar-refractivity contribution < 1.29 is 75.3 Å². The zero-order valence-corrected chi connectivity index (χ0v) is 27.8. The Morgan fingerprint density at radius 2 is 1.61 bits per heavy atom. The molecule has 22 heteroatoms. The number of nitrogens with zero attached hydrogens (tertiary/aromatic N) is 2. The average molecular weight is 720 g/mol. The number of amidine groups is 1. The summed E-state index contributed by atoms with van der Waals surface area (Å²) in [6, 6.07) is 4.39. The first-order valence-corrected chi connectivity index (χ1v) is 18.6. The van der Waals surface area contributed by atoms with Crippen molar-refractivity contribution in [3.63, 3.8) is 0 Å². The molecule has 0 bridgehead atoms. The van der Waals surface area contributed by atoms with Crippen LogP contribution in [0.4, 0.5) is 4.79 Å². The summed E-state index contributed by atoms with van der Waals surface area (Å²) in [5.41, 5.74) is 7.70. The van der Waals surface area contributed by atoms with Gasteiger partial charge in [-0.05, 0) is 36.0 Å². The summed E-state index contributed by atoms with van der Waals surface area (Å²) < 4.78 is 71.5. The van der Waals surface area contributed by atoms with Crippen LogP contribution in [0.5, 0.6) is 0 Å². The van der Waals surface area contributed by atoms with Crippen molar-refractivity contribution in [1.29, 1.82) is 0 Å².